The second-order valence-electron chi connectivity index (χ2n) is 5.38. The van der Waals surface area contributed by atoms with Gasteiger partial charge in [0.1, 0.15) is 11.5 Å². The molecular formula is C19H19NO2. The minimum absolute atomic E-state index is 0.184. The van der Waals surface area contributed by atoms with Crippen molar-refractivity contribution in [1.82, 2.24) is 0 Å². The largest absolute Gasteiger partial charge is 0.508 e. The van der Waals surface area contributed by atoms with E-state index in [9.17, 15) is 10.2 Å². The summed E-state index contributed by atoms with van der Waals surface area (Å²) in [6, 6.07) is 17.2. The molecule has 0 saturated carbocycles. The molecular weight excluding hydrogens is 274 g/mol. The van der Waals surface area contributed by atoms with E-state index in [1.165, 1.54) is 28.5 Å². The molecule has 0 radical (unpaired) electrons. The molecule has 0 spiro atoms. The Morgan fingerprint density at radius 1 is 0.818 bits per heavy atom. The topological polar surface area (TPSA) is 52.5 Å². The van der Waals surface area contributed by atoms with Crippen molar-refractivity contribution in [3.63, 3.8) is 0 Å². The molecule has 3 heteroatoms. The number of nitrogens with one attached hydrogen (secondary N) is 1. The summed E-state index contributed by atoms with van der Waals surface area (Å²) in [4.78, 5) is 0. The van der Waals surface area contributed by atoms with E-state index in [2.05, 4.69) is 29.6 Å². The maximum absolute atomic E-state index is 9.89. The lowest BCUT2D eigenvalue weighted by Crippen LogP contribution is -1.96. The van der Waals surface area contributed by atoms with Crippen LogP contribution in [0.3, 0.4) is 0 Å². The van der Waals surface area contributed by atoms with Gasteiger partial charge in [-0.15, -0.1) is 0 Å². The number of aromatic hydroxyl groups is 2. The number of rotatable bonds is 4. The first-order valence-electron chi connectivity index (χ1n) is 7.38. The highest BCUT2D eigenvalue weighted by Gasteiger charge is 2.07. The van der Waals surface area contributed by atoms with Crippen LogP contribution in [0.2, 0.25) is 0 Å². The summed E-state index contributed by atoms with van der Waals surface area (Å²) in [5, 5.41) is 25.1. The molecule has 0 heterocycles. The minimum atomic E-state index is 0.184. The van der Waals surface area contributed by atoms with E-state index in [0.717, 1.165) is 17.7 Å². The van der Waals surface area contributed by atoms with Crippen LogP contribution in [0.5, 0.6) is 11.5 Å². The first kappa shape index (κ1) is 14.3. The molecule has 0 aromatic heterocycles. The number of fused-ring (bicyclic) bond motifs is 1. The Morgan fingerprint density at radius 2 is 1.55 bits per heavy atom. The van der Waals surface area contributed by atoms with Crippen LogP contribution in [0.15, 0.2) is 54.6 Å². The van der Waals surface area contributed by atoms with Gasteiger partial charge in [-0.2, -0.15) is 0 Å². The number of anilines is 1. The number of benzene rings is 3. The van der Waals surface area contributed by atoms with Crippen LogP contribution in [0.1, 0.15) is 11.1 Å². The van der Waals surface area contributed by atoms with E-state index in [-0.39, 0.29) is 11.5 Å². The van der Waals surface area contributed by atoms with Gasteiger partial charge in [0.2, 0.25) is 0 Å². The van der Waals surface area contributed by atoms with Crippen LogP contribution in [0.25, 0.3) is 10.8 Å². The Balaban J connectivity index is 1.93. The van der Waals surface area contributed by atoms with Crippen LogP contribution in [-0.2, 0) is 12.8 Å². The predicted molar refractivity (Wildman–Crippen MR) is 90.7 cm³/mol. The highest BCUT2D eigenvalue weighted by atomic mass is 16.3. The molecule has 0 unspecified atom stereocenters. The van der Waals surface area contributed by atoms with Gasteiger partial charge in [0.25, 0.3) is 0 Å². The predicted octanol–water partition coefficient (Wildman–Crippen LogP) is 4.08. The van der Waals surface area contributed by atoms with Gasteiger partial charge in [-0.25, -0.2) is 0 Å². The zero-order valence-corrected chi connectivity index (χ0v) is 12.5. The molecule has 3 rings (SSSR count). The fourth-order valence-electron chi connectivity index (χ4n) is 2.84. The van der Waals surface area contributed by atoms with Gasteiger partial charge in [-0.3, -0.25) is 0 Å². The molecule has 0 fully saturated rings. The normalized spacial score (nSPS) is 10.8. The van der Waals surface area contributed by atoms with Crippen molar-refractivity contribution in [1.29, 1.82) is 0 Å². The van der Waals surface area contributed by atoms with Crippen molar-refractivity contribution < 1.29 is 10.2 Å². The van der Waals surface area contributed by atoms with Gasteiger partial charge in [-0.05, 0) is 53.6 Å². The van der Waals surface area contributed by atoms with Crippen LogP contribution in [0.4, 0.5) is 5.69 Å². The number of hydrogen-bond acceptors (Lipinski definition) is 3. The molecule has 0 atom stereocenters. The minimum Gasteiger partial charge on any atom is -0.508 e. The summed E-state index contributed by atoms with van der Waals surface area (Å²) in [6.45, 7) is 0. The smallest absolute Gasteiger partial charge is 0.119 e. The van der Waals surface area contributed by atoms with Gasteiger partial charge in [0, 0.05) is 18.1 Å². The summed E-state index contributed by atoms with van der Waals surface area (Å²) < 4.78 is 0. The summed E-state index contributed by atoms with van der Waals surface area (Å²) in [5.41, 5.74) is 3.11. The fourth-order valence-corrected chi connectivity index (χ4v) is 2.84. The number of hydrogen-bond donors (Lipinski definition) is 3. The van der Waals surface area contributed by atoms with E-state index in [4.69, 9.17) is 0 Å². The molecule has 0 aliphatic rings. The van der Waals surface area contributed by atoms with Gasteiger partial charge >= 0.3 is 0 Å². The number of phenols is 2. The number of aryl methyl sites for hydroxylation is 2. The Bertz CT molecular complexity index is 812. The Labute approximate surface area is 129 Å². The van der Waals surface area contributed by atoms with Crippen LogP contribution in [-0.4, -0.2) is 17.3 Å². The van der Waals surface area contributed by atoms with Crippen molar-refractivity contribution in [3.8, 4) is 11.5 Å². The summed E-state index contributed by atoms with van der Waals surface area (Å²) in [5.74, 6) is 0.414. The van der Waals surface area contributed by atoms with Gasteiger partial charge in [0.15, 0.2) is 0 Å². The molecule has 112 valence electrons. The summed E-state index contributed by atoms with van der Waals surface area (Å²) in [7, 11) is 1.92. The molecule has 0 aliphatic carbocycles. The molecule has 3 aromatic carbocycles. The highest BCUT2D eigenvalue weighted by molar-refractivity contribution is 5.96. The number of phenolic OH excluding ortho intramolecular Hbond substituents is 2. The molecule has 0 amide bonds. The Morgan fingerprint density at radius 3 is 2.32 bits per heavy atom. The van der Waals surface area contributed by atoms with Crippen molar-refractivity contribution >= 4 is 16.5 Å². The second-order valence-corrected chi connectivity index (χ2v) is 5.38. The molecule has 0 aliphatic heterocycles. The van der Waals surface area contributed by atoms with Crippen molar-refractivity contribution in [2.75, 3.05) is 12.4 Å². The monoisotopic (exact) mass is 293 g/mol. The van der Waals surface area contributed by atoms with Crippen LogP contribution < -0.4 is 5.32 Å². The summed E-state index contributed by atoms with van der Waals surface area (Å²) >= 11 is 0. The zero-order valence-electron chi connectivity index (χ0n) is 12.5. The molecule has 3 N–H and O–H groups in total. The van der Waals surface area contributed by atoms with E-state index in [0.29, 0.717) is 6.42 Å². The lowest BCUT2D eigenvalue weighted by atomic mass is 9.97. The van der Waals surface area contributed by atoms with Crippen LogP contribution in [0, 0.1) is 0 Å². The Hall–Kier alpha value is -2.68. The van der Waals surface area contributed by atoms with Crippen LogP contribution >= 0.6 is 0 Å². The van der Waals surface area contributed by atoms with Gasteiger partial charge in [-0.1, -0.05) is 30.3 Å². The average Bonchev–Trinajstić information content (AvgIpc) is 2.55. The van der Waals surface area contributed by atoms with E-state index >= 15 is 0 Å². The lowest BCUT2D eigenvalue weighted by Gasteiger charge is -2.11. The highest BCUT2D eigenvalue weighted by Crippen LogP contribution is 2.29. The van der Waals surface area contributed by atoms with Crippen molar-refractivity contribution in [2.24, 2.45) is 0 Å². The standard InChI is InChI=1S/C19H19NO2/c1-20-18-10-8-13(16-4-2-3-5-17(16)18)6-7-14-12-15(21)9-11-19(14)22/h2-5,8-12,20-22H,6-7H2,1H3. The first-order valence-corrected chi connectivity index (χ1v) is 7.38. The third kappa shape index (κ3) is 2.70. The van der Waals surface area contributed by atoms with E-state index in [1.54, 1.807) is 6.07 Å². The maximum Gasteiger partial charge on any atom is 0.119 e. The van der Waals surface area contributed by atoms with Crippen molar-refractivity contribution in [3.05, 3.63) is 65.7 Å². The third-order valence-corrected chi connectivity index (χ3v) is 4.01. The van der Waals surface area contributed by atoms with E-state index < -0.39 is 0 Å². The first-order chi connectivity index (χ1) is 10.7. The van der Waals surface area contributed by atoms with E-state index in [1.807, 2.05) is 19.2 Å². The molecule has 22 heavy (non-hydrogen) atoms. The lowest BCUT2D eigenvalue weighted by molar-refractivity contribution is 0.454. The quantitative estimate of drug-likeness (QED) is 0.635. The maximum atomic E-state index is 9.89. The average molecular weight is 293 g/mol. The molecule has 3 aromatic rings. The third-order valence-electron chi connectivity index (χ3n) is 4.01. The summed E-state index contributed by atoms with van der Waals surface area (Å²) in [6.07, 6.45) is 1.49. The van der Waals surface area contributed by atoms with Gasteiger partial charge in [0.05, 0.1) is 0 Å². The second kappa shape index (κ2) is 5.98. The SMILES string of the molecule is CNc1ccc(CCc2cc(O)ccc2O)c2ccccc12. The molecule has 0 saturated heterocycles. The van der Waals surface area contributed by atoms with Crippen molar-refractivity contribution in [2.45, 2.75) is 12.8 Å². The fraction of sp³-hybridized carbons (Fsp3) is 0.158. The van der Waals surface area contributed by atoms with Gasteiger partial charge < -0.3 is 15.5 Å². The molecule has 3 nitrogen and oxygen atoms in total. The zero-order chi connectivity index (χ0) is 15.5. The molecule has 0 bridgehead atoms. The Kier molecular flexibility index (Phi) is 3.88.